The minimum absolute atomic E-state index is 0.0673. The molecule has 0 saturated carbocycles. The number of non-ortho nitro benzene ring substituents is 2. The second-order valence-corrected chi connectivity index (χ2v) is 5.69. The van der Waals surface area contributed by atoms with Crippen LogP contribution in [0.4, 0.5) is 22.7 Å². The summed E-state index contributed by atoms with van der Waals surface area (Å²) < 4.78 is 0. The normalized spacial score (nSPS) is 11.4. The summed E-state index contributed by atoms with van der Waals surface area (Å²) in [7, 11) is 0. The van der Waals surface area contributed by atoms with Crippen LogP contribution >= 0.6 is 0 Å². The fraction of sp³-hybridized carbons (Fsp3) is 0. The molecule has 0 radical (unpaired) electrons. The predicted octanol–water partition coefficient (Wildman–Crippen LogP) is 5.06. The lowest BCUT2D eigenvalue weighted by molar-refractivity contribution is -0.385. The Morgan fingerprint density at radius 1 is 0.793 bits per heavy atom. The molecule has 0 bridgehead atoms. The van der Waals surface area contributed by atoms with Crippen LogP contribution in [0.15, 0.2) is 94.2 Å². The van der Waals surface area contributed by atoms with Gasteiger partial charge in [-0.1, -0.05) is 30.3 Å². The zero-order valence-electron chi connectivity index (χ0n) is 14.9. The van der Waals surface area contributed by atoms with E-state index in [0.29, 0.717) is 16.9 Å². The maximum Gasteiger partial charge on any atom is 0.270 e. The molecule has 0 aromatic heterocycles. The summed E-state index contributed by atoms with van der Waals surface area (Å²) in [6, 6.07) is 20.4. The van der Waals surface area contributed by atoms with Gasteiger partial charge in [-0.15, -0.1) is 10.2 Å². The number of nitrogens with zero attached hydrogens (tertiary/aromatic N) is 5. The van der Waals surface area contributed by atoms with Crippen LogP contribution in [0.2, 0.25) is 0 Å². The monoisotopic (exact) mass is 390 g/mol. The highest BCUT2D eigenvalue weighted by molar-refractivity contribution is 6.00. The molecule has 3 aromatic rings. The Balaban J connectivity index is 1.92. The fourth-order valence-corrected chi connectivity index (χ4v) is 2.28. The highest BCUT2D eigenvalue weighted by Crippen LogP contribution is 2.20. The molecule has 0 heterocycles. The zero-order chi connectivity index (χ0) is 20.6. The van der Waals surface area contributed by atoms with Crippen molar-refractivity contribution in [1.82, 2.24) is 0 Å². The summed E-state index contributed by atoms with van der Waals surface area (Å²) in [6.07, 6.45) is 0. The van der Waals surface area contributed by atoms with Gasteiger partial charge in [-0.05, 0) is 24.3 Å². The molecule has 0 aliphatic carbocycles. The van der Waals surface area contributed by atoms with Crippen LogP contribution in [0.1, 0.15) is 5.56 Å². The summed E-state index contributed by atoms with van der Waals surface area (Å²) in [6.45, 7) is 0. The number of nitro benzene ring substituents is 2. The van der Waals surface area contributed by atoms with Crippen molar-refractivity contribution in [3.63, 3.8) is 0 Å². The molecule has 0 aliphatic heterocycles. The molecule has 0 fully saturated rings. The highest BCUT2D eigenvalue weighted by atomic mass is 16.6. The standard InChI is InChI=1S/C19H14N6O4/c26-24(27)17-11-9-16(10-12-17)21-23-19(22-20-15-6-2-1-3-7-15)14-5-4-8-18(13-14)25(28)29/h1-13,20H/b22-19+,23-21?. The Morgan fingerprint density at radius 2 is 1.48 bits per heavy atom. The van der Waals surface area contributed by atoms with Crippen LogP contribution in [-0.4, -0.2) is 15.7 Å². The number of hydrazone groups is 1. The number of nitro groups is 2. The zero-order valence-corrected chi connectivity index (χ0v) is 14.9. The van der Waals surface area contributed by atoms with Crippen molar-refractivity contribution in [1.29, 1.82) is 0 Å². The summed E-state index contributed by atoms with van der Waals surface area (Å²) in [5.41, 5.74) is 4.10. The molecule has 0 aliphatic rings. The number of azo groups is 1. The van der Waals surface area contributed by atoms with Gasteiger partial charge in [0.2, 0.25) is 5.84 Å². The largest absolute Gasteiger partial charge is 0.276 e. The molecule has 10 heteroatoms. The van der Waals surface area contributed by atoms with E-state index in [1.165, 1.54) is 42.5 Å². The third-order valence-electron chi connectivity index (χ3n) is 3.70. The first kappa shape index (κ1) is 19.3. The third kappa shape index (κ3) is 5.26. The van der Waals surface area contributed by atoms with Gasteiger partial charge < -0.3 is 0 Å². The lowest BCUT2D eigenvalue weighted by Gasteiger charge is -2.03. The van der Waals surface area contributed by atoms with E-state index < -0.39 is 9.85 Å². The second kappa shape index (κ2) is 8.95. The number of para-hydroxylation sites is 1. The molecule has 3 aromatic carbocycles. The van der Waals surface area contributed by atoms with Gasteiger partial charge in [0.05, 0.1) is 21.2 Å². The molecule has 29 heavy (non-hydrogen) atoms. The van der Waals surface area contributed by atoms with Gasteiger partial charge in [-0.2, -0.15) is 5.10 Å². The molecule has 10 nitrogen and oxygen atoms in total. The number of nitrogens with one attached hydrogen (secondary N) is 1. The average molecular weight is 390 g/mol. The SMILES string of the molecule is O=[N+]([O-])c1ccc(N=N/C(=N/Nc2ccccc2)c2cccc([N+](=O)[O-])c2)cc1. The van der Waals surface area contributed by atoms with Crippen LogP contribution in [-0.2, 0) is 0 Å². The van der Waals surface area contributed by atoms with Crippen molar-refractivity contribution < 1.29 is 9.85 Å². The smallest absolute Gasteiger partial charge is 0.270 e. The number of amidine groups is 1. The van der Waals surface area contributed by atoms with Gasteiger partial charge in [0.25, 0.3) is 11.4 Å². The maximum atomic E-state index is 11.1. The maximum absolute atomic E-state index is 11.1. The Labute approximate surface area is 164 Å². The van der Waals surface area contributed by atoms with Crippen LogP contribution in [0.5, 0.6) is 0 Å². The van der Waals surface area contributed by atoms with Crippen molar-refractivity contribution in [2.24, 2.45) is 15.3 Å². The Morgan fingerprint density at radius 3 is 2.14 bits per heavy atom. The number of hydrogen-bond donors (Lipinski definition) is 1. The summed E-state index contributed by atoms with van der Waals surface area (Å²) in [4.78, 5) is 20.8. The molecule has 0 amide bonds. The van der Waals surface area contributed by atoms with Gasteiger partial charge in [0.15, 0.2) is 0 Å². The van der Waals surface area contributed by atoms with Crippen LogP contribution in [0.3, 0.4) is 0 Å². The molecule has 3 rings (SSSR count). The predicted molar refractivity (Wildman–Crippen MR) is 107 cm³/mol. The van der Waals surface area contributed by atoms with Gasteiger partial charge in [-0.25, -0.2) is 0 Å². The Kier molecular flexibility index (Phi) is 5.96. The van der Waals surface area contributed by atoms with E-state index in [4.69, 9.17) is 0 Å². The third-order valence-corrected chi connectivity index (χ3v) is 3.70. The van der Waals surface area contributed by atoms with Crippen molar-refractivity contribution >= 4 is 28.6 Å². The molecule has 144 valence electrons. The summed E-state index contributed by atoms with van der Waals surface area (Å²) in [5, 5.41) is 34.1. The first-order valence-corrected chi connectivity index (χ1v) is 8.33. The van der Waals surface area contributed by atoms with Crippen molar-refractivity contribution in [3.05, 3.63) is 105 Å². The summed E-state index contributed by atoms with van der Waals surface area (Å²) in [5.74, 6) is 0.107. The number of rotatable bonds is 6. The minimum Gasteiger partial charge on any atom is -0.276 e. The number of hydrogen-bond acceptors (Lipinski definition) is 7. The molecule has 0 unspecified atom stereocenters. The average Bonchev–Trinajstić information content (AvgIpc) is 2.75. The number of anilines is 1. The van der Waals surface area contributed by atoms with E-state index in [1.54, 1.807) is 18.2 Å². The van der Waals surface area contributed by atoms with Crippen molar-refractivity contribution in [2.45, 2.75) is 0 Å². The van der Waals surface area contributed by atoms with Crippen LogP contribution in [0.25, 0.3) is 0 Å². The molecular formula is C19H14N6O4. The lowest BCUT2D eigenvalue weighted by atomic mass is 10.2. The van der Waals surface area contributed by atoms with Gasteiger partial charge >= 0.3 is 0 Å². The molecule has 0 saturated heterocycles. The van der Waals surface area contributed by atoms with Crippen molar-refractivity contribution in [2.75, 3.05) is 5.43 Å². The van der Waals surface area contributed by atoms with E-state index in [0.717, 1.165) is 0 Å². The fourth-order valence-electron chi connectivity index (χ4n) is 2.28. The molecule has 0 atom stereocenters. The van der Waals surface area contributed by atoms with Crippen LogP contribution < -0.4 is 5.43 Å². The lowest BCUT2D eigenvalue weighted by Crippen LogP contribution is -2.02. The van der Waals surface area contributed by atoms with Crippen LogP contribution in [0, 0.1) is 20.2 Å². The highest BCUT2D eigenvalue weighted by Gasteiger charge is 2.11. The molecular weight excluding hydrogens is 376 g/mol. The Bertz CT molecular complexity index is 1080. The first-order chi connectivity index (χ1) is 14.0. The molecule has 0 spiro atoms. The van der Waals surface area contributed by atoms with E-state index in [1.807, 2.05) is 18.2 Å². The van der Waals surface area contributed by atoms with E-state index in [9.17, 15) is 20.2 Å². The molecule has 1 N–H and O–H groups in total. The Hall–Kier alpha value is -4.47. The summed E-state index contributed by atoms with van der Waals surface area (Å²) >= 11 is 0. The van der Waals surface area contributed by atoms with Gasteiger partial charge in [0, 0.05) is 29.8 Å². The second-order valence-electron chi connectivity index (χ2n) is 5.69. The van der Waals surface area contributed by atoms with E-state index in [-0.39, 0.29) is 17.2 Å². The number of benzene rings is 3. The van der Waals surface area contributed by atoms with E-state index in [2.05, 4.69) is 20.8 Å². The van der Waals surface area contributed by atoms with Gasteiger partial charge in [-0.3, -0.25) is 25.7 Å². The quantitative estimate of drug-likeness (QED) is 0.206. The van der Waals surface area contributed by atoms with E-state index >= 15 is 0 Å². The topological polar surface area (TPSA) is 135 Å². The first-order valence-electron chi connectivity index (χ1n) is 8.33. The minimum atomic E-state index is -0.515. The van der Waals surface area contributed by atoms with Crippen molar-refractivity contribution in [3.8, 4) is 0 Å². The van der Waals surface area contributed by atoms with Gasteiger partial charge in [0.1, 0.15) is 0 Å².